The van der Waals surface area contributed by atoms with Gasteiger partial charge in [-0.25, -0.2) is 0 Å². The molecule has 0 bridgehead atoms. The molecular formula is C49H39N3. The Morgan fingerprint density at radius 2 is 1.00 bits per heavy atom. The lowest BCUT2D eigenvalue weighted by atomic mass is 9.95. The van der Waals surface area contributed by atoms with Crippen LogP contribution in [0.5, 0.6) is 0 Å². The van der Waals surface area contributed by atoms with Crippen molar-refractivity contribution in [2.45, 2.75) is 18.9 Å². The van der Waals surface area contributed by atoms with Crippen LogP contribution in [0.25, 0.3) is 65.3 Å². The predicted molar refractivity (Wildman–Crippen MR) is 220 cm³/mol. The molecular weight excluding hydrogens is 631 g/mol. The van der Waals surface area contributed by atoms with E-state index in [1.807, 2.05) is 0 Å². The molecule has 0 amide bonds. The standard InChI is InChI=1S/C49H39N3/c50-48(40-25-21-38(22-26-40)44-16-8-13-36-11-4-6-14-43(36)44)52-49(41-27-18-35(19-28-41)34-9-2-1-3-10-34)51-32-33-17-30-46-42(31-33)29-24-39-23-20-37-12-5-7-15-45(37)47(39)46/h1-31,48-49,51-52H,32,50H2. The second-order valence-corrected chi connectivity index (χ2v) is 13.6. The fourth-order valence-electron chi connectivity index (χ4n) is 7.61. The fraction of sp³-hybridized carbons (Fsp3) is 0.0612. The van der Waals surface area contributed by atoms with E-state index in [1.165, 1.54) is 70.9 Å². The maximum atomic E-state index is 6.92. The SMILES string of the molecule is NC(NC(NCc1ccc2c(ccc3ccc4ccccc4c32)c1)c1ccc(-c2ccccc2)cc1)c1ccc(-c2cccc3ccccc23)cc1. The van der Waals surface area contributed by atoms with E-state index in [0.717, 1.165) is 11.1 Å². The Labute approximate surface area is 304 Å². The molecule has 0 saturated heterocycles. The molecule has 0 saturated carbocycles. The second-order valence-electron chi connectivity index (χ2n) is 13.6. The minimum absolute atomic E-state index is 0.186. The summed E-state index contributed by atoms with van der Waals surface area (Å²) in [5.74, 6) is 0. The maximum absolute atomic E-state index is 6.92. The quantitative estimate of drug-likeness (QED) is 0.106. The summed E-state index contributed by atoms with van der Waals surface area (Å²) < 4.78 is 0. The van der Waals surface area contributed by atoms with Crippen molar-refractivity contribution in [3.8, 4) is 22.3 Å². The zero-order valence-electron chi connectivity index (χ0n) is 28.8. The van der Waals surface area contributed by atoms with Crippen molar-refractivity contribution in [3.05, 3.63) is 205 Å². The Hall–Kier alpha value is -6.10. The molecule has 3 nitrogen and oxygen atoms in total. The number of hydrogen-bond donors (Lipinski definition) is 3. The van der Waals surface area contributed by atoms with Gasteiger partial charge in [-0.1, -0.05) is 182 Å². The highest BCUT2D eigenvalue weighted by Gasteiger charge is 2.17. The summed E-state index contributed by atoms with van der Waals surface area (Å²) in [7, 11) is 0. The monoisotopic (exact) mass is 669 g/mol. The van der Waals surface area contributed by atoms with Gasteiger partial charge in [-0.15, -0.1) is 0 Å². The van der Waals surface area contributed by atoms with Gasteiger partial charge in [-0.05, 0) is 88.1 Å². The first-order chi connectivity index (χ1) is 25.7. The van der Waals surface area contributed by atoms with E-state index < -0.39 is 0 Å². The third kappa shape index (κ3) is 6.23. The van der Waals surface area contributed by atoms with E-state index in [1.54, 1.807) is 0 Å². The average molecular weight is 670 g/mol. The molecule has 9 rings (SSSR count). The first-order valence-electron chi connectivity index (χ1n) is 18.0. The number of hydrogen-bond acceptors (Lipinski definition) is 3. The van der Waals surface area contributed by atoms with Crippen LogP contribution >= 0.6 is 0 Å². The number of nitrogens with two attached hydrogens (primary N) is 1. The van der Waals surface area contributed by atoms with E-state index in [4.69, 9.17) is 5.73 Å². The lowest BCUT2D eigenvalue weighted by Gasteiger charge is -2.26. The third-order valence-corrected chi connectivity index (χ3v) is 10.4. The minimum Gasteiger partial charge on any atom is -0.312 e. The van der Waals surface area contributed by atoms with E-state index in [2.05, 4.69) is 199 Å². The van der Waals surface area contributed by atoms with Crippen LogP contribution in [0, 0.1) is 0 Å². The molecule has 9 aromatic rings. The van der Waals surface area contributed by atoms with E-state index >= 15 is 0 Å². The molecule has 0 radical (unpaired) electrons. The van der Waals surface area contributed by atoms with Gasteiger partial charge in [0.2, 0.25) is 0 Å². The molecule has 0 aromatic heterocycles. The highest BCUT2D eigenvalue weighted by Crippen LogP contribution is 2.33. The second kappa shape index (κ2) is 13.9. The Kier molecular flexibility index (Phi) is 8.51. The average Bonchev–Trinajstić information content (AvgIpc) is 3.22. The number of nitrogens with one attached hydrogen (secondary N) is 2. The molecule has 0 aliphatic heterocycles. The van der Waals surface area contributed by atoms with Crippen LogP contribution in [0.1, 0.15) is 29.0 Å². The molecule has 0 spiro atoms. The Morgan fingerprint density at radius 1 is 0.423 bits per heavy atom. The van der Waals surface area contributed by atoms with Gasteiger partial charge in [0.1, 0.15) is 0 Å². The lowest BCUT2D eigenvalue weighted by molar-refractivity contribution is 0.386. The van der Waals surface area contributed by atoms with Gasteiger partial charge in [0.15, 0.2) is 0 Å². The molecule has 4 N–H and O–H groups in total. The van der Waals surface area contributed by atoms with Crippen LogP contribution in [-0.4, -0.2) is 0 Å². The largest absolute Gasteiger partial charge is 0.312 e. The highest BCUT2D eigenvalue weighted by molar-refractivity contribution is 6.20. The summed E-state index contributed by atoms with van der Waals surface area (Å²) >= 11 is 0. The molecule has 0 aliphatic carbocycles. The van der Waals surface area contributed by atoms with Gasteiger partial charge in [0, 0.05) is 6.54 Å². The van der Waals surface area contributed by atoms with Gasteiger partial charge in [0.05, 0.1) is 12.3 Å². The maximum Gasteiger partial charge on any atom is 0.0852 e. The summed E-state index contributed by atoms with van der Waals surface area (Å²) in [5, 5.41) is 17.7. The van der Waals surface area contributed by atoms with Crippen molar-refractivity contribution < 1.29 is 0 Å². The molecule has 52 heavy (non-hydrogen) atoms. The molecule has 0 aliphatic rings. The van der Waals surface area contributed by atoms with E-state index in [0.29, 0.717) is 6.54 Å². The van der Waals surface area contributed by atoms with Gasteiger partial charge < -0.3 is 5.73 Å². The van der Waals surface area contributed by atoms with Crippen LogP contribution in [0.15, 0.2) is 188 Å². The van der Waals surface area contributed by atoms with Crippen molar-refractivity contribution in [3.63, 3.8) is 0 Å². The molecule has 3 heteroatoms. The summed E-state index contributed by atoms with van der Waals surface area (Å²) in [6.45, 7) is 0.675. The van der Waals surface area contributed by atoms with Gasteiger partial charge in [0.25, 0.3) is 0 Å². The van der Waals surface area contributed by atoms with Crippen molar-refractivity contribution in [1.29, 1.82) is 0 Å². The summed E-state index contributed by atoms with van der Waals surface area (Å²) in [6.07, 6.45) is -0.571. The van der Waals surface area contributed by atoms with Crippen LogP contribution in [0.2, 0.25) is 0 Å². The summed E-state index contributed by atoms with van der Waals surface area (Å²) in [5.41, 5.74) is 15.1. The molecule has 0 heterocycles. The van der Waals surface area contributed by atoms with Crippen LogP contribution in [-0.2, 0) is 6.54 Å². The van der Waals surface area contributed by atoms with Crippen LogP contribution in [0.3, 0.4) is 0 Å². The van der Waals surface area contributed by atoms with Gasteiger partial charge in [-0.2, -0.15) is 0 Å². The van der Waals surface area contributed by atoms with Crippen molar-refractivity contribution in [2.75, 3.05) is 0 Å². The van der Waals surface area contributed by atoms with Crippen molar-refractivity contribution >= 4 is 43.1 Å². The third-order valence-electron chi connectivity index (χ3n) is 10.4. The highest BCUT2D eigenvalue weighted by atomic mass is 15.2. The van der Waals surface area contributed by atoms with E-state index in [9.17, 15) is 0 Å². The lowest BCUT2D eigenvalue weighted by Crippen LogP contribution is -2.39. The summed E-state index contributed by atoms with van der Waals surface area (Å²) in [4.78, 5) is 0. The first kappa shape index (κ1) is 31.9. The number of rotatable bonds is 9. The van der Waals surface area contributed by atoms with E-state index in [-0.39, 0.29) is 12.3 Å². The zero-order valence-corrected chi connectivity index (χ0v) is 28.8. The van der Waals surface area contributed by atoms with Crippen molar-refractivity contribution in [2.24, 2.45) is 5.73 Å². The Bertz CT molecular complexity index is 2660. The Morgan fingerprint density at radius 3 is 1.79 bits per heavy atom. The molecule has 250 valence electrons. The normalized spacial score (nSPS) is 12.8. The predicted octanol–water partition coefficient (Wildman–Crippen LogP) is 11.7. The molecule has 2 unspecified atom stereocenters. The van der Waals surface area contributed by atoms with Gasteiger partial charge >= 0.3 is 0 Å². The molecule has 2 atom stereocenters. The van der Waals surface area contributed by atoms with Crippen molar-refractivity contribution in [1.82, 2.24) is 10.6 Å². The topological polar surface area (TPSA) is 50.1 Å². The van der Waals surface area contributed by atoms with Gasteiger partial charge in [-0.3, -0.25) is 10.6 Å². The van der Waals surface area contributed by atoms with Crippen LogP contribution in [0.4, 0.5) is 0 Å². The number of benzene rings is 9. The smallest absolute Gasteiger partial charge is 0.0852 e. The number of fused-ring (bicyclic) bond motifs is 6. The molecule has 0 fully saturated rings. The zero-order chi connectivity index (χ0) is 34.9. The fourth-order valence-corrected chi connectivity index (χ4v) is 7.61. The first-order valence-corrected chi connectivity index (χ1v) is 18.0. The van der Waals surface area contributed by atoms with Crippen LogP contribution < -0.4 is 16.4 Å². The summed E-state index contributed by atoms with van der Waals surface area (Å²) in [6, 6.07) is 67.3. The Balaban J connectivity index is 0.998. The molecule has 9 aromatic carbocycles. The minimum atomic E-state index is -0.385.